The summed E-state index contributed by atoms with van der Waals surface area (Å²) in [5.74, 6) is 0. The maximum atomic E-state index is 6.03. The zero-order valence-corrected chi connectivity index (χ0v) is 12.1. The van der Waals surface area contributed by atoms with Crippen LogP contribution in [-0.4, -0.2) is 18.6 Å². The van der Waals surface area contributed by atoms with E-state index in [1.54, 1.807) is 0 Å². The number of rotatable bonds is 2. The standard InChI is InChI=1S/C14H22N2OS/c1-14(8-3-4-9-17-14)13-16-12-10(15-2)6-5-7-11(12)18-13/h10,15H,3-9H2,1-2H3. The largest absolute Gasteiger partial charge is 0.368 e. The quantitative estimate of drug-likeness (QED) is 0.893. The van der Waals surface area contributed by atoms with E-state index in [4.69, 9.17) is 9.72 Å². The van der Waals surface area contributed by atoms with Crippen molar-refractivity contribution < 1.29 is 4.74 Å². The Bertz CT molecular complexity index is 423. The number of hydrogen-bond donors (Lipinski definition) is 1. The number of fused-ring (bicyclic) bond motifs is 1. The van der Waals surface area contributed by atoms with Crippen molar-refractivity contribution >= 4 is 11.3 Å². The molecule has 1 N–H and O–H groups in total. The zero-order valence-electron chi connectivity index (χ0n) is 11.3. The molecule has 3 nitrogen and oxygen atoms in total. The van der Waals surface area contributed by atoms with Gasteiger partial charge in [-0.05, 0) is 52.5 Å². The van der Waals surface area contributed by atoms with Gasteiger partial charge < -0.3 is 10.1 Å². The predicted octanol–water partition coefficient (Wildman–Crippen LogP) is 3.16. The smallest absolute Gasteiger partial charge is 0.125 e. The van der Waals surface area contributed by atoms with E-state index in [-0.39, 0.29) is 5.60 Å². The lowest BCUT2D eigenvalue weighted by atomic mass is 9.95. The minimum atomic E-state index is -0.126. The molecule has 1 aliphatic heterocycles. The van der Waals surface area contributed by atoms with Gasteiger partial charge in [-0.2, -0.15) is 0 Å². The highest BCUT2D eigenvalue weighted by Crippen LogP contribution is 2.41. The average molecular weight is 266 g/mol. The molecule has 2 unspecified atom stereocenters. The highest BCUT2D eigenvalue weighted by atomic mass is 32.1. The van der Waals surface area contributed by atoms with Gasteiger partial charge in [0.25, 0.3) is 0 Å². The third-order valence-corrected chi connectivity index (χ3v) is 5.60. The van der Waals surface area contributed by atoms with Crippen LogP contribution in [-0.2, 0) is 16.8 Å². The van der Waals surface area contributed by atoms with E-state index in [0.29, 0.717) is 6.04 Å². The Morgan fingerprint density at radius 3 is 3.00 bits per heavy atom. The van der Waals surface area contributed by atoms with Crippen molar-refractivity contribution in [3.05, 3.63) is 15.6 Å². The molecule has 1 aromatic heterocycles. The zero-order chi connectivity index (χ0) is 12.6. The molecular formula is C14H22N2OS. The van der Waals surface area contributed by atoms with Crippen molar-refractivity contribution in [1.82, 2.24) is 10.3 Å². The van der Waals surface area contributed by atoms with Crippen LogP contribution in [0, 0.1) is 0 Å². The molecule has 1 aliphatic carbocycles. The first-order valence-corrected chi connectivity index (χ1v) is 7.86. The second kappa shape index (κ2) is 4.91. The van der Waals surface area contributed by atoms with Gasteiger partial charge in [-0.3, -0.25) is 0 Å². The fourth-order valence-corrected chi connectivity index (χ4v) is 4.32. The fourth-order valence-electron chi connectivity index (χ4n) is 3.03. The third kappa shape index (κ3) is 2.10. The van der Waals surface area contributed by atoms with Gasteiger partial charge >= 0.3 is 0 Å². The van der Waals surface area contributed by atoms with Gasteiger partial charge in [0, 0.05) is 11.5 Å². The predicted molar refractivity (Wildman–Crippen MR) is 74.0 cm³/mol. The molecular weight excluding hydrogens is 244 g/mol. The van der Waals surface area contributed by atoms with Crippen LogP contribution in [0.3, 0.4) is 0 Å². The minimum absolute atomic E-state index is 0.126. The number of thiazole rings is 1. The van der Waals surface area contributed by atoms with Crippen molar-refractivity contribution in [1.29, 1.82) is 0 Å². The number of nitrogens with one attached hydrogen (secondary N) is 1. The van der Waals surface area contributed by atoms with Crippen molar-refractivity contribution in [2.45, 2.75) is 57.1 Å². The Hall–Kier alpha value is -0.450. The van der Waals surface area contributed by atoms with E-state index in [1.165, 1.54) is 47.7 Å². The van der Waals surface area contributed by atoms with Crippen LogP contribution in [0.15, 0.2) is 0 Å². The van der Waals surface area contributed by atoms with Crippen molar-refractivity contribution in [3.8, 4) is 0 Å². The average Bonchev–Trinajstić information content (AvgIpc) is 2.84. The van der Waals surface area contributed by atoms with E-state index < -0.39 is 0 Å². The normalized spacial score (nSPS) is 32.2. The van der Waals surface area contributed by atoms with Gasteiger partial charge in [0.2, 0.25) is 0 Å². The van der Waals surface area contributed by atoms with E-state index in [0.717, 1.165) is 13.0 Å². The molecule has 18 heavy (non-hydrogen) atoms. The SMILES string of the molecule is CNC1CCCc2sc(C3(C)CCCCO3)nc21. The molecule has 1 saturated heterocycles. The summed E-state index contributed by atoms with van der Waals surface area (Å²) in [6.45, 7) is 3.10. The maximum Gasteiger partial charge on any atom is 0.125 e. The van der Waals surface area contributed by atoms with Gasteiger partial charge in [0.1, 0.15) is 10.6 Å². The van der Waals surface area contributed by atoms with E-state index in [2.05, 4.69) is 12.2 Å². The first-order chi connectivity index (χ1) is 8.73. The molecule has 3 rings (SSSR count). The monoisotopic (exact) mass is 266 g/mol. The van der Waals surface area contributed by atoms with Gasteiger partial charge in [-0.15, -0.1) is 11.3 Å². The van der Waals surface area contributed by atoms with E-state index in [9.17, 15) is 0 Å². The summed E-state index contributed by atoms with van der Waals surface area (Å²) in [5.41, 5.74) is 1.16. The summed E-state index contributed by atoms with van der Waals surface area (Å²) in [7, 11) is 2.04. The highest BCUT2D eigenvalue weighted by molar-refractivity contribution is 7.11. The van der Waals surface area contributed by atoms with Crippen molar-refractivity contribution in [3.63, 3.8) is 0 Å². The maximum absolute atomic E-state index is 6.03. The molecule has 0 radical (unpaired) electrons. The summed E-state index contributed by atoms with van der Waals surface area (Å²) in [5, 5.41) is 4.60. The van der Waals surface area contributed by atoms with Crippen LogP contribution in [0.1, 0.15) is 60.6 Å². The van der Waals surface area contributed by atoms with Crippen molar-refractivity contribution in [2.24, 2.45) is 0 Å². The fraction of sp³-hybridized carbons (Fsp3) is 0.786. The molecule has 2 atom stereocenters. The molecule has 0 aromatic carbocycles. The number of ether oxygens (including phenoxy) is 1. The highest BCUT2D eigenvalue weighted by Gasteiger charge is 2.35. The van der Waals surface area contributed by atoms with Crippen LogP contribution >= 0.6 is 11.3 Å². The Balaban J connectivity index is 1.92. The number of aryl methyl sites for hydroxylation is 1. The second-order valence-corrected chi connectivity index (χ2v) is 6.68. The third-order valence-electron chi connectivity index (χ3n) is 4.22. The Labute approximate surface area is 113 Å². The number of nitrogens with zero attached hydrogens (tertiary/aromatic N) is 1. The Morgan fingerprint density at radius 2 is 2.28 bits per heavy atom. The first-order valence-electron chi connectivity index (χ1n) is 7.04. The van der Waals surface area contributed by atoms with E-state index >= 15 is 0 Å². The number of aromatic nitrogens is 1. The second-order valence-electron chi connectivity index (χ2n) is 5.60. The summed E-state index contributed by atoms with van der Waals surface area (Å²) >= 11 is 1.88. The summed E-state index contributed by atoms with van der Waals surface area (Å²) < 4.78 is 6.03. The molecule has 4 heteroatoms. The van der Waals surface area contributed by atoms with Crippen LogP contribution in [0.5, 0.6) is 0 Å². The molecule has 0 amide bonds. The summed E-state index contributed by atoms with van der Waals surface area (Å²) in [6, 6.07) is 0.450. The van der Waals surface area contributed by atoms with Gasteiger partial charge in [-0.1, -0.05) is 0 Å². The minimum Gasteiger partial charge on any atom is -0.368 e. The number of hydrogen-bond acceptors (Lipinski definition) is 4. The van der Waals surface area contributed by atoms with Crippen LogP contribution < -0.4 is 5.32 Å². The summed E-state index contributed by atoms with van der Waals surface area (Å²) in [4.78, 5) is 6.41. The van der Waals surface area contributed by atoms with Crippen LogP contribution in [0.25, 0.3) is 0 Å². The van der Waals surface area contributed by atoms with Crippen LogP contribution in [0.4, 0.5) is 0 Å². The lowest BCUT2D eigenvalue weighted by Crippen LogP contribution is -2.30. The lowest BCUT2D eigenvalue weighted by Gasteiger charge is -2.31. The van der Waals surface area contributed by atoms with Gasteiger partial charge in [0.05, 0.1) is 11.7 Å². The molecule has 2 aliphatic rings. The molecule has 1 aromatic rings. The van der Waals surface area contributed by atoms with E-state index in [1.807, 2.05) is 18.4 Å². The Morgan fingerprint density at radius 1 is 1.39 bits per heavy atom. The molecule has 0 bridgehead atoms. The molecule has 0 saturated carbocycles. The molecule has 2 heterocycles. The van der Waals surface area contributed by atoms with Crippen molar-refractivity contribution in [2.75, 3.05) is 13.7 Å². The van der Waals surface area contributed by atoms with Gasteiger partial charge in [-0.25, -0.2) is 4.98 Å². The Kier molecular flexibility index (Phi) is 3.43. The van der Waals surface area contributed by atoms with Gasteiger partial charge in [0.15, 0.2) is 0 Å². The molecule has 100 valence electrons. The summed E-state index contributed by atoms with van der Waals surface area (Å²) in [6.07, 6.45) is 7.25. The molecule has 0 spiro atoms. The topological polar surface area (TPSA) is 34.1 Å². The molecule has 1 fully saturated rings. The lowest BCUT2D eigenvalue weighted by molar-refractivity contribution is -0.0703. The van der Waals surface area contributed by atoms with Crippen LogP contribution in [0.2, 0.25) is 0 Å². The first kappa shape index (κ1) is 12.6.